The molecule has 3 fully saturated rings. The standard InChI is InChI=1S/C21H34N4O2/c1-3-19-22-15(2)18(23-19)14-24-12-4-10-21(24)11-5-13-25(20(21)27)16-6-8-17(26)9-7-16/h16-17,26H,3-14H2,1-2H3,(H,22,23). The van der Waals surface area contributed by atoms with Crippen LogP contribution in [0.2, 0.25) is 0 Å². The summed E-state index contributed by atoms with van der Waals surface area (Å²) in [4.78, 5) is 26.4. The van der Waals surface area contributed by atoms with Gasteiger partial charge < -0.3 is 15.0 Å². The molecule has 6 nitrogen and oxygen atoms in total. The lowest BCUT2D eigenvalue weighted by atomic mass is 9.82. The lowest BCUT2D eigenvalue weighted by Crippen LogP contribution is -2.62. The van der Waals surface area contributed by atoms with E-state index in [2.05, 4.69) is 28.6 Å². The van der Waals surface area contributed by atoms with Crippen LogP contribution in [-0.4, -0.2) is 61.6 Å². The Morgan fingerprint density at radius 3 is 2.56 bits per heavy atom. The average molecular weight is 375 g/mol. The van der Waals surface area contributed by atoms with E-state index in [0.29, 0.717) is 11.9 Å². The average Bonchev–Trinajstić information content (AvgIpc) is 3.23. The molecule has 4 rings (SSSR count). The van der Waals surface area contributed by atoms with Gasteiger partial charge in [0.2, 0.25) is 5.91 Å². The van der Waals surface area contributed by atoms with Crippen molar-refractivity contribution in [2.75, 3.05) is 13.1 Å². The number of carbonyl (C=O) groups is 1. The van der Waals surface area contributed by atoms with Gasteiger partial charge in [-0.1, -0.05) is 6.92 Å². The van der Waals surface area contributed by atoms with Crippen LogP contribution in [0.1, 0.15) is 75.5 Å². The summed E-state index contributed by atoms with van der Waals surface area (Å²) in [6.07, 6.45) is 8.41. The first-order chi connectivity index (χ1) is 13.0. The summed E-state index contributed by atoms with van der Waals surface area (Å²) in [5, 5.41) is 9.83. The van der Waals surface area contributed by atoms with E-state index in [1.165, 1.54) is 0 Å². The Morgan fingerprint density at radius 2 is 1.89 bits per heavy atom. The largest absolute Gasteiger partial charge is 0.393 e. The minimum Gasteiger partial charge on any atom is -0.393 e. The van der Waals surface area contributed by atoms with Crippen LogP contribution in [0, 0.1) is 6.92 Å². The number of likely N-dealkylation sites (tertiary alicyclic amines) is 2. The number of imidazole rings is 1. The Morgan fingerprint density at radius 1 is 1.19 bits per heavy atom. The lowest BCUT2D eigenvalue weighted by Gasteiger charge is -2.48. The molecule has 1 aromatic rings. The second-order valence-corrected chi connectivity index (χ2v) is 8.73. The summed E-state index contributed by atoms with van der Waals surface area (Å²) in [5.74, 6) is 1.38. The maximum absolute atomic E-state index is 13.7. The molecule has 3 aliphatic rings. The fourth-order valence-corrected chi connectivity index (χ4v) is 5.49. The van der Waals surface area contributed by atoms with Gasteiger partial charge >= 0.3 is 0 Å². The minimum absolute atomic E-state index is 0.173. The van der Waals surface area contributed by atoms with Gasteiger partial charge in [0, 0.05) is 31.2 Å². The topological polar surface area (TPSA) is 72.5 Å². The molecule has 1 amide bonds. The highest BCUT2D eigenvalue weighted by Crippen LogP contribution is 2.41. The van der Waals surface area contributed by atoms with Gasteiger partial charge in [-0.25, -0.2) is 4.98 Å². The number of piperidine rings is 1. The minimum atomic E-state index is -0.327. The van der Waals surface area contributed by atoms with Crippen molar-refractivity contribution in [2.24, 2.45) is 0 Å². The van der Waals surface area contributed by atoms with E-state index in [9.17, 15) is 9.90 Å². The normalized spacial score (nSPS) is 32.6. The molecule has 1 aliphatic carbocycles. The maximum Gasteiger partial charge on any atom is 0.243 e. The van der Waals surface area contributed by atoms with E-state index in [1.807, 2.05) is 0 Å². The Labute approximate surface area is 162 Å². The second-order valence-electron chi connectivity index (χ2n) is 8.73. The number of aromatic amines is 1. The van der Waals surface area contributed by atoms with Crippen LogP contribution < -0.4 is 0 Å². The van der Waals surface area contributed by atoms with Crippen molar-refractivity contribution in [1.82, 2.24) is 19.8 Å². The summed E-state index contributed by atoms with van der Waals surface area (Å²) in [7, 11) is 0. The molecule has 6 heteroatoms. The highest BCUT2D eigenvalue weighted by Gasteiger charge is 2.52. The van der Waals surface area contributed by atoms with Crippen molar-refractivity contribution in [1.29, 1.82) is 0 Å². The van der Waals surface area contributed by atoms with Gasteiger partial charge in [-0.05, 0) is 64.8 Å². The Hall–Kier alpha value is -1.40. The highest BCUT2D eigenvalue weighted by atomic mass is 16.3. The van der Waals surface area contributed by atoms with Crippen LogP contribution in [0.5, 0.6) is 0 Å². The molecule has 2 N–H and O–H groups in total. The van der Waals surface area contributed by atoms with Crippen molar-refractivity contribution in [3.8, 4) is 0 Å². The highest BCUT2D eigenvalue weighted by molar-refractivity contribution is 5.87. The zero-order valence-electron chi connectivity index (χ0n) is 16.8. The number of aryl methyl sites for hydroxylation is 2. The van der Waals surface area contributed by atoms with Gasteiger partial charge in [0.05, 0.1) is 11.8 Å². The predicted molar refractivity (Wildman–Crippen MR) is 104 cm³/mol. The van der Waals surface area contributed by atoms with Crippen LogP contribution in [0.15, 0.2) is 0 Å². The van der Waals surface area contributed by atoms with Gasteiger partial charge in [0.1, 0.15) is 11.4 Å². The number of aromatic nitrogens is 2. The third kappa shape index (κ3) is 3.42. The van der Waals surface area contributed by atoms with Crippen LogP contribution >= 0.6 is 0 Å². The number of rotatable bonds is 4. The molecule has 150 valence electrons. The summed E-state index contributed by atoms with van der Waals surface area (Å²) in [6, 6.07) is 0.319. The molecule has 1 aromatic heterocycles. The number of H-pyrrole nitrogens is 1. The second kappa shape index (κ2) is 7.55. The van der Waals surface area contributed by atoms with Crippen molar-refractivity contribution in [3.63, 3.8) is 0 Å². The monoisotopic (exact) mass is 374 g/mol. The molecular formula is C21H34N4O2. The molecular weight excluding hydrogens is 340 g/mol. The number of nitrogens with zero attached hydrogens (tertiary/aromatic N) is 3. The number of hydrogen-bond donors (Lipinski definition) is 2. The van der Waals surface area contributed by atoms with Crippen LogP contribution in [0.4, 0.5) is 0 Å². The third-order valence-electron chi connectivity index (χ3n) is 7.09. The van der Waals surface area contributed by atoms with Crippen LogP contribution in [0.3, 0.4) is 0 Å². The molecule has 1 saturated carbocycles. The molecule has 1 spiro atoms. The summed E-state index contributed by atoms with van der Waals surface area (Å²) >= 11 is 0. The summed E-state index contributed by atoms with van der Waals surface area (Å²) in [5.41, 5.74) is 1.90. The number of amides is 1. The van der Waals surface area contributed by atoms with Crippen molar-refractivity contribution < 1.29 is 9.90 Å². The third-order valence-corrected chi connectivity index (χ3v) is 7.09. The van der Waals surface area contributed by atoms with E-state index in [-0.39, 0.29) is 11.6 Å². The fraction of sp³-hybridized carbons (Fsp3) is 0.810. The number of aliphatic hydroxyl groups is 1. The predicted octanol–water partition coefficient (Wildman–Crippen LogP) is 2.54. The van der Waals surface area contributed by atoms with Gasteiger partial charge in [0.15, 0.2) is 0 Å². The van der Waals surface area contributed by atoms with E-state index < -0.39 is 0 Å². The first-order valence-corrected chi connectivity index (χ1v) is 10.8. The van der Waals surface area contributed by atoms with Gasteiger partial charge in [-0.2, -0.15) is 0 Å². The van der Waals surface area contributed by atoms with Crippen LogP contribution in [-0.2, 0) is 17.8 Å². The van der Waals surface area contributed by atoms with E-state index in [0.717, 1.165) is 94.6 Å². The molecule has 1 atom stereocenters. The Kier molecular flexibility index (Phi) is 5.30. The molecule has 3 heterocycles. The number of aliphatic hydroxyl groups excluding tert-OH is 1. The molecule has 2 saturated heterocycles. The first-order valence-electron chi connectivity index (χ1n) is 10.8. The van der Waals surface area contributed by atoms with E-state index in [4.69, 9.17) is 4.98 Å². The molecule has 0 aromatic carbocycles. The maximum atomic E-state index is 13.7. The first kappa shape index (κ1) is 18.9. The number of hydrogen-bond acceptors (Lipinski definition) is 4. The van der Waals surface area contributed by atoms with Crippen molar-refractivity contribution in [2.45, 2.75) is 95.9 Å². The van der Waals surface area contributed by atoms with Crippen molar-refractivity contribution in [3.05, 3.63) is 17.2 Å². The summed E-state index contributed by atoms with van der Waals surface area (Å²) < 4.78 is 0. The van der Waals surface area contributed by atoms with Gasteiger partial charge in [-0.3, -0.25) is 9.69 Å². The molecule has 0 bridgehead atoms. The Bertz CT molecular complexity index is 680. The summed E-state index contributed by atoms with van der Waals surface area (Å²) in [6.45, 7) is 6.84. The SMILES string of the molecule is CCc1nc(CN2CCCC23CCCN(C2CCC(O)CC2)C3=O)c(C)[nH]1. The van der Waals surface area contributed by atoms with E-state index in [1.54, 1.807) is 0 Å². The van der Waals surface area contributed by atoms with Crippen LogP contribution in [0.25, 0.3) is 0 Å². The van der Waals surface area contributed by atoms with Gasteiger partial charge in [0.25, 0.3) is 0 Å². The number of nitrogens with one attached hydrogen (secondary N) is 1. The zero-order chi connectivity index (χ0) is 19.0. The molecule has 2 aliphatic heterocycles. The molecule has 0 radical (unpaired) electrons. The molecule has 27 heavy (non-hydrogen) atoms. The Balaban J connectivity index is 1.52. The fourth-order valence-electron chi connectivity index (χ4n) is 5.49. The molecule has 1 unspecified atom stereocenters. The van der Waals surface area contributed by atoms with E-state index >= 15 is 0 Å². The smallest absolute Gasteiger partial charge is 0.243 e. The number of carbonyl (C=O) groups excluding carboxylic acids is 1. The van der Waals surface area contributed by atoms with Gasteiger partial charge in [-0.15, -0.1) is 0 Å². The zero-order valence-corrected chi connectivity index (χ0v) is 16.8. The lowest BCUT2D eigenvalue weighted by molar-refractivity contribution is -0.152. The quantitative estimate of drug-likeness (QED) is 0.849. The van der Waals surface area contributed by atoms with Crippen molar-refractivity contribution >= 4 is 5.91 Å².